The second-order valence-electron chi connectivity index (χ2n) is 10.8. The van der Waals surface area contributed by atoms with Crippen molar-refractivity contribution in [2.24, 2.45) is 0 Å². The Balaban J connectivity index is 1.43. The summed E-state index contributed by atoms with van der Waals surface area (Å²) in [6.45, 7) is 9.49. The molecule has 5 rings (SSSR count). The fraction of sp³-hybridized carbons (Fsp3) is 0.333. The molecule has 0 saturated carbocycles. The molecule has 10 heteroatoms. The molecule has 2 aromatic heterocycles. The second-order valence-corrected chi connectivity index (χ2v) is 10.8. The monoisotopic (exact) mass is 535 g/mol. The van der Waals surface area contributed by atoms with Crippen molar-refractivity contribution in [3.05, 3.63) is 78.0 Å². The molecule has 1 N–H and O–H groups in total. The molecular weight excluding hydrogens is 502 g/mol. The van der Waals surface area contributed by atoms with Gasteiger partial charge in [-0.3, -0.25) is 4.79 Å². The van der Waals surface area contributed by atoms with Crippen molar-refractivity contribution in [2.75, 3.05) is 43.4 Å². The predicted octanol–water partition coefficient (Wildman–Crippen LogP) is 4.23. The normalized spacial score (nSPS) is 14.4. The van der Waals surface area contributed by atoms with Crippen LogP contribution in [-0.2, 0) is 5.41 Å². The Labute approximate surface area is 234 Å². The van der Waals surface area contributed by atoms with Crippen molar-refractivity contribution in [2.45, 2.75) is 32.6 Å². The van der Waals surface area contributed by atoms with E-state index in [4.69, 9.17) is 0 Å². The van der Waals surface area contributed by atoms with Gasteiger partial charge in [-0.2, -0.15) is 5.26 Å². The Kier molecular flexibility index (Phi) is 7.58. The highest BCUT2D eigenvalue weighted by Crippen LogP contribution is 2.30. The average molecular weight is 536 g/mol. The fourth-order valence-corrected chi connectivity index (χ4v) is 4.74. The van der Waals surface area contributed by atoms with Gasteiger partial charge in [0.1, 0.15) is 12.0 Å². The molecule has 0 aliphatic carbocycles. The third-order valence-corrected chi connectivity index (χ3v) is 7.33. The lowest BCUT2D eigenvalue weighted by Gasteiger charge is -2.26. The summed E-state index contributed by atoms with van der Waals surface area (Å²) in [7, 11) is 2.13. The van der Waals surface area contributed by atoms with Crippen molar-refractivity contribution in [1.29, 1.82) is 5.26 Å². The second kappa shape index (κ2) is 11.2. The number of aromatic nitrogens is 5. The van der Waals surface area contributed by atoms with Crippen LogP contribution in [0.1, 0.15) is 41.8 Å². The molecule has 0 unspecified atom stereocenters. The number of amides is 1. The van der Waals surface area contributed by atoms with E-state index in [0.717, 1.165) is 60.7 Å². The van der Waals surface area contributed by atoms with Gasteiger partial charge in [-0.25, -0.2) is 14.6 Å². The molecule has 1 fully saturated rings. The molecule has 10 nitrogen and oxygen atoms in total. The minimum Gasteiger partial charge on any atom is -0.370 e. The predicted molar refractivity (Wildman–Crippen MR) is 154 cm³/mol. The van der Waals surface area contributed by atoms with Crippen LogP contribution >= 0.6 is 0 Å². The van der Waals surface area contributed by atoms with Crippen LogP contribution in [0.25, 0.3) is 16.9 Å². The standard InChI is InChI=1S/C30H33N9O/c1-21-6-7-25(15-28(21)39-18-27(35-36-39)23-16-32-20-33-17-23)34-29(40)22-12-24(30(2,3)19-31)14-26(13-22)38-9-5-8-37(4)10-11-38/h6-7,12-18,20H,5,8-11H2,1-4H3,(H,34,40). The van der Waals surface area contributed by atoms with Crippen molar-refractivity contribution in [3.63, 3.8) is 0 Å². The molecule has 0 bridgehead atoms. The fourth-order valence-electron chi connectivity index (χ4n) is 4.74. The van der Waals surface area contributed by atoms with Gasteiger partial charge in [-0.1, -0.05) is 11.3 Å². The summed E-state index contributed by atoms with van der Waals surface area (Å²) in [4.78, 5) is 26.3. The lowest BCUT2D eigenvalue weighted by Crippen LogP contribution is -2.29. The Morgan fingerprint density at radius 1 is 1.05 bits per heavy atom. The van der Waals surface area contributed by atoms with Crippen LogP contribution in [-0.4, -0.2) is 69.0 Å². The number of hydrogen-bond acceptors (Lipinski definition) is 8. The molecular formula is C30H33N9O. The molecule has 0 spiro atoms. The lowest BCUT2D eigenvalue weighted by atomic mass is 9.85. The summed E-state index contributed by atoms with van der Waals surface area (Å²) in [5.41, 5.74) is 5.38. The molecule has 2 aromatic carbocycles. The minimum absolute atomic E-state index is 0.237. The maximum Gasteiger partial charge on any atom is 0.255 e. The number of anilines is 2. The number of nitriles is 1. The molecule has 4 aromatic rings. The maximum atomic E-state index is 13.6. The summed E-state index contributed by atoms with van der Waals surface area (Å²) in [6, 6.07) is 13.9. The molecule has 1 aliphatic rings. The zero-order chi connectivity index (χ0) is 28.3. The van der Waals surface area contributed by atoms with E-state index in [1.807, 2.05) is 57.3 Å². The van der Waals surface area contributed by atoms with Crippen LogP contribution in [0, 0.1) is 18.3 Å². The van der Waals surface area contributed by atoms with Gasteiger partial charge in [0.05, 0.1) is 23.4 Å². The number of nitrogens with zero attached hydrogens (tertiary/aromatic N) is 8. The Bertz CT molecular complexity index is 1560. The largest absolute Gasteiger partial charge is 0.370 e. The number of benzene rings is 2. The quantitative estimate of drug-likeness (QED) is 0.390. The highest BCUT2D eigenvalue weighted by atomic mass is 16.1. The molecule has 1 amide bonds. The van der Waals surface area contributed by atoms with E-state index in [1.54, 1.807) is 17.1 Å². The van der Waals surface area contributed by atoms with E-state index >= 15 is 0 Å². The molecule has 3 heterocycles. The van der Waals surface area contributed by atoms with Gasteiger partial charge < -0.3 is 15.1 Å². The first-order valence-corrected chi connectivity index (χ1v) is 13.3. The highest BCUT2D eigenvalue weighted by Gasteiger charge is 2.24. The SMILES string of the molecule is Cc1ccc(NC(=O)c2cc(N3CCCN(C)CC3)cc(C(C)(C)C#N)c2)cc1-n1cc(-c2cncnc2)nn1. The summed E-state index contributed by atoms with van der Waals surface area (Å²) in [5.74, 6) is -0.237. The third kappa shape index (κ3) is 5.84. The van der Waals surface area contributed by atoms with E-state index in [9.17, 15) is 10.1 Å². The summed E-state index contributed by atoms with van der Waals surface area (Å²) >= 11 is 0. The van der Waals surface area contributed by atoms with E-state index in [2.05, 4.69) is 54.6 Å². The van der Waals surface area contributed by atoms with Gasteiger partial charge in [0.15, 0.2) is 0 Å². The highest BCUT2D eigenvalue weighted by molar-refractivity contribution is 6.05. The topological polar surface area (TPSA) is 116 Å². The number of hydrogen-bond donors (Lipinski definition) is 1. The van der Waals surface area contributed by atoms with Crippen molar-refractivity contribution >= 4 is 17.3 Å². The summed E-state index contributed by atoms with van der Waals surface area (Å²) in [5, 5.41) is 21.4. The van der Waals surface area contributed by atoms with Gasteiger partial charge in [0.25, 0.3) is 5.91 Å². The minimum atomic E-state index is -0.737. The Morgan fingerprint density at radius 3 is 2.62 bits per heavy atom. The molecule has 1 saturated heterocycles. The average Bonchev–Trinajstić information content (AvgIpc) is 3.36. The zero-order valence-corrected chi connectivity index (χ0v) is 23.3. The van der Waals surface area contributed by atoms with E-state index in [0.29, 0.717) is 16.9 Å². The molecule has 1 aliphatic heterocycles. The van der Waals surface area contributed by atoms with Gasteiger partial charge >= 0.3 is 0 Å². The van der Waals surface area contributed by atoms with E-state index in [-0.39, 0.29) is 5.91 Å². The Hall–Kier alpha value is -4.62. The number of nitrogens with one attached hydrogen (secondary N) is 1. The Morgan fingerprint density at radius 2 is 1.85 bits per heavy atom. The van der Waals surface area contributed by atoms with Crippen molar-refractivity contribution in [3.8, 4) is 23.0 Å². The van der Waals surface area contributed by atoms with Crippen LogP contribution < -0.4 is 10.2 Å². The van der Waals surface area contributed by atoms with Crippen LogP contribution in [0.2, 0.25) is 0 Å². The molecule has 0 radical (unpaired) electrons. The lowest BCUT2D eigenvalue weighted by molar-refractivity contribution is 0.102. The number of aryl methyl sites for hydroxylation is 1. The number of rotatable bonds is 6. The summed E-state index contributed by atoms with van der Waals surface area (Å²) in [6.07, 6.45) is 7.69. The van der Waals surface area contributed by atoms with Gasteiger partial charge in [0, 0.05) is 54.5 Å². The first-order valence-electron chi connectivity index (χ1n) is 13.3. The van der Waals surface area contributed by atoms with Gasteiger partial charge in [0.2, 0.25) is 0 Å². The van der Waals surface area contributed by atoms with E-state index < -0.39 is 5.41 Å². The number of carbonyl (C=O) groups is 1. The smallest absolute Gasteiger partial charge is 0.255 e. The van der Waals surface area contributed by atoms with Crippen LogP contribution in [0.3, 0.4) is 0 Å². The van der Waals surface area contributed by atoms with Gasteiger partial charge in [-0.15, -0.1) is 5.10 Å². The number of carbonyl (C=O) groups excluding carboxylic acids is 1. The zero-order valence-electron chi connectivity index (χ0n) is 23.3. The van der Waals surface area contributed by atoms with Crippen LogP contribution in [0.5, 0.6) is 0 Å². The third-order valence-electron chi connectivity index (χ3n) is 7.33. The molecule has 40 heavy (non-hydrogen) atoms. The van der Waals surface area contributed by atoms with Gasteiger partial charge in [-0.05, 0) is 82.2 Å². The first-order chi connectivity index (χ1) is 19.2. The number of likely N-dealkylation sites (N-methyl/N-ethyl adjacent to an activating group) is 1. The first kappa shape index (κ1) is 27.0. The van der Waals surface area contributed by atoms with Crippen LogP contribution in [0.4, 0.5) is 11.4 Å². The summed E-state index contributed by atoms with van der Waals surface area (Å²) < 4.78 is 1.68. The maximum absolute atomic E-state index is 13.6. The molecule has 0 atom stereocenters. The van der Waals surface area contributed by atoms with Crippen molar-refractivity contribution in [1.82, 2.24) is 29.9 Å². The van der Waals surface area contributed by atoms with Crippen molar-refractivity contribution < 1.29 is 4.79 Å². The van der Waals surface area contributed by atoms with E-state index in [1.165, 1.54) is 6.33 Å². The van der Waals surface area contributed by atoms with Crippen LogP contribution in [0.15, 0.2) is 61.3 Å². The molecule has 204 valence electrons.